The Kier molecular flexibility index (Phi) is 7.96. The van der Waals surface area contributed by atoms with Crippen LogP contribution in [-0.4, -0.2) is 46.9 Å². The minimum absolute atomic E-state index is 0.0490. The zero-order valence-corrected chi connectivity index (χ0v) is 21.6. The summed E-state index contributed by atoms with van der Waals surface area (Å²) in [6.45, 7) is 7.14. The van der Waals surface area contributed by atoms with Crippen molar-refractivity contribution in [3.05, 3.63) is 70.9 Å². The summed E-state index contributed by atoms with van der Waals surface area (Å²) in [5.41, 5.74) is 4.08. The summed E-state index contributed by atoms with van der Waals surface area (Å²) in [6.07, 6.45) is 1.29. The summed E-state index contributed by atoms with van der Waals surface area (Å²) in [7, 11) is 1.29. The lowest BCUT2D eigenvalue weighted by atomic mass is 10.00. The van der Waals surface area contributed by atoms with Crippen LogP contribution in [0, 0.1) is 5.92 Å². The number of nitrogens with zero attached hydrogens (tertiary/aromatic N) is 3. The fraction of sp³-hybridized carbons (Fsp3) is 0.345. The maximum Gasteiger partial charge on any atom is 0.338 e. The van der Waals surface area contributed by atoms with Crippen LogP contribution in [0.4, 0.5) is 0 Å². The molecule has 1 aliphatic rings. The summed E-state index contributed by atoms with van der Waals surface area (Å²) in [5, 5.41) is 8.62. The van der Waals surface area contributed by atoms with E-state index in [1.54, 1.807) is 17.0 Å². The van der Waals surface area contributed by atoms with Gasteiger partial charge < -0.3 is 19.2 Å². The molecule has 1 saturated heterocycles. The van der Waals surface area contributed by atoms with Gasteiger partial charge in [-0.05, 0) is 65.9 Å². The van der Waals surface area contributed by atoms with E-state index in [-0.39, 0.29) is 23.8 Å². The van der Waals surface area contributed by atoms with Gasteiger partial charge in [-0.1, -0.05) is 20.8 Å². The van der Waals surface area contributed by atoms with E-state index in [0.29, 0.717) is 48.1 Å². The first-order valence-electron chi connectivity index (χ1n) is 12.4. The Morgan fingerprint density at radius 1 is 1.11 bits per heavy atom. The summed E-state index contributed by atoms with van der Waals surface area (Å²) < 4.78 is 11.2. The van der Waals surface area contributed by atoms with Crippen molar-refractivity contribution in [2.24, 2.45) is 5.92 Å². The normalized spacial score (nSPS) is 15.2. The van der Waals surface area contributed by atoms with Gasteiger partial charge in [-0.15, -0.1) is 0 Å². The van der Waals surface area contributed by atoms with Crippen LogP contribution in [0.3, 0.4) is 0 Å². The minimum Gasteiger partial charge on any atom is -0.465 e. The van der Waals surface area contributed by atoms with Gasteiger partial charge in [0.1, 0.15) is 17.8 Å². The molecule has 0 aliphatic carbocycles. The fourth-order valence-electron chi connectivity index (χ4n) is 4.41. The Morgan fingerprint density at radius 3 is 2.43 bits per heavy atom. The number of rotatable bonds is 9. The monoisotopic (exact) mass is 501 g/mol. The number of carbonyl (C=O) groups is 3. The molecule has 8 heteroatoms. The standard InChI is InChI=1S/C29H31N3O5/c1-18(2)25-9-10-26(31-30-25)20-5-7-23(8-6-20)37-27-15-24(29(35)36-4)21(11-12-33)14-22(27)17-32-16-19(3)13-28(32)34/h5-10,12,14-15,18-19H,11,13,16-17H2,1-4H3. The lowest BCUT2D eigenvalue weighted by Gasteiger charge is -2.21. The van der Waals surface area contributed by atoms with E-state index < -0.39 is 5.97 Å². The molecular weight excluding hydrogens is 470 g/mol. The van der Waals surface area contributed by atoms with Crippen LogP contribution >= 0.6 is 0 Å². The summed E-state index contributed by atoms with van der Waals surface area (Å²) >= 11 is 0. The number of aldehydes is 1. The zero-order valence-electron chi connectivity index (χ0n) is 21.6. The maximum atomic E-state index is 12.5. The van der Waals surface area contributed by atoms with E-state index in [4.69, 9.17) is 9.47 Å². The molecular formula is C29H31N3O5. The van der Waals surface area contributed by atoms with Crippen molar-refractivity contribution in [2.45, 2.75) is 46.1 Å². The van der Waals surface area contributed by atoms with Gasteiger partial charge in [0.25, 0.3) is 0 Å². The second-order valence-corrected chi connectivity index (χ2v) is 9.69. The summed E-state index contributed by atoms with van der Waals surface area (Å²) in [6, 6.07) is 14.7. The average molecular weight is 502 g/mol. The molecule has 0 N–H and O–H groups in total. The molecule has 0 spiro atoms. The van der Waals surface area contributed by atoms with Gasteiger partial charge in [0.2, 0.25) is 5.91 Å². The van der Waals surface area contributed by atoms with E-state index in [9.17, 15) is 14.4 Å². The molecule has 192 valence electrons. The first kappa shape index (κ1) is 26.0. The van der Waals surface area contributed by atoms with Gasteiger partial charge in [-0.25, -0.2) is 4.79 Å². The van der Waals surface area contributed by atoms with Gasteiger partial charge in [0.05, 0.1) is 24.1 Å². The van der Waals surface area contributed by atoms with Gasteiger partial charge in [0, 0.05) is 37.1 Å². The van der Waals surface area contributed by atoms with Crippen LogP contribution in [0.25, 0.3) is 11.3 Å². The topological polar surface area (TPSA) is 98.7 Å². The number of carbonyl (C=O) groups excluding carboxylic acids is 3. The van der Waals surface area contributed by atoms with Crippen LogP contribution in [-0.2, 0) is 27.3 Å². The Bertz CT molecular complexity index is 1290. The number of hydrogen-bond acceptors (Lipinski definition) is 7. The van der Waals surface area contributed by atoms with Gasteiger partial charge in [-0.3, -0.25) is 4.79 Å². The van der Waals surface area contributed by atoms with Crippen LogP contribution < -0.4 is 4.74 Å². The quantitative estimate of drug-likeness (QED) is 0.302. The van der Waals surface area contributed by atoms with Gasteiger partial charge in [-0.2, -0.15) is 10.2 Å². The largest absolute Gasteiger partial charge is 0.465 e. The van der Waals surface area contributed by atoms with Gasteiger partial charge in [0.15, 0.2) is 0 Å². The van der Waals surface area contributed by atoms with Crippen molar-refractivity contribution in [3.63, 3.8) is 0 Å². The summed E-state index contributed by atoms with van der Waals surface area (Å²) in [4.78, 5) is 38.0. The number of esters is 1. The Hall–Kier alpha value is -4.07. The van der Waals surface area contributed by atoms with Crippen LogP contribution in [0.15, 0.2) is 48.5 Å². The minimum atomic E-state index is -0.558. The lowest BCUT2D eigenvalue weighted by molar-refractivity contribution is -0.128. The highest BCUT2D eigenvalue weighted by atomic mass is 16.5. The highest BCUT2D eigenvalue weighted by molar-refractivity contribution is 5.92. The van der Waals surface area contributed by atoms with E-state index >= 15 is 0 Å². The number of benzene rings is 2. The molecule has 2 aromatic carbocycles. The van der Waals surface area contributed by atoms with Crippen LogP contribution in [0.2, 0.25) is 0 Å². The predicted molar refractivity (Wildman–Crippen MR) is 138 cm³/mol. The van der Waals surface area contributed by atoms with Crippen molar-refractivity contribution < 1.29 is 23.9 Å². The first-order chi connectivity index (χ1) is 17.8. The molecule has 1 amide bonds. The Labute approximate surface area is 216 Å². The molecule has 1 fully saturated rings. The molecule has 1 unspecified atom stereocenters. The van der Waals surface area contributed by atoms with E-state index in [0.717, 1.165) is 23.2 Å². The van der Waals surface area contributed by atoms with Crippen LogP contribution in [0.1, 0.15) is 60.3 Å². The maximum absolute atomic E-state index is 12.5. The van der Waals surface area contributed by atoms with Crippen molar-refractivity contribution >= 4 is 18.2 Å². The third-order valence-corrected chi connectivity index (χ3v) is 6.42. The van der Waals surface area contributed by atoms with Crippen molar-refractivity contribution in [1.82, 2.24) is 15.1 Å². The molecule has 1 aliphatic heterocycles. The molecule has 0 saturated carbocycles. The third kappa shape index (κ3) is 6.02. The number of likely N-dealkylation sites (tertiary alicyclic amines) is 1. The molecule has 1 aromatic heterocycles. The van der Waals surface area contributed by atoms with E-state index in [1.165, 1.54) is 7.11 Å². The van der Waals surface area contributed by atoms with Crippen molar-refractivity contribution in [3.8, 4) is 22.8 Å². The second-order valence-electron chi connectivity index (χ2n) is 9.69. The Morgan fingerprint density at radius 2 is 1.86 bits per heavy atom. The number of amides is 1. The Balaban J connectivity index is 1.65. The highest BCUT2D eigenvalue weighted by Crippen LogP contribution is 2.33. The molecule has 37 heavy (non-hydrogen) atoms. The highest BCUT2D eigenvalue weighted by Gasteiger charge is 2.28. The molecule has 0 bridgehead atoms. The molecule has 1 atom stereocenters. The van der Waals surface area contributed by atoms with Crippen molar-refractivity contribution in [1.29, 1.82) is 0 Å². The average Bonchev–Trinajstić information content (AvgIpc) is 3.21. The summed E-state index contributed by atoms with van der Waals surface area (Å²) in [5.74, 6) is 1.07. The molecule has 2 heterocycles. The van der Waals surface area contributed by atoms with E-state index in [2.05, 4.69) is 24.0 Å². The van der Waals surface area contributed by atoms with E-state index in [1.807, 2.05) is 43.3 Å². The molecule has 8 nitrogen and oxygen atoms in total. The predicted octanol–water partition coefficient (Wildman–Crippen LogP) is 4.96. The number of aromatic nitrogens is 2. The number of ether oxygens (including phenoxy) is 2. The number of hydrogen-bond donors (Lipinski definition) is 0. The van der Waals surface area contributed by atoms with Crippen molar-refractivity contribution in [2.75, 3.05) is 13.7 Å². The SMILES string of the molecule is COC(=O)c1cc(Oc2ccc(-c3ccc(C(C)C)nn3)cc2)c(CN2CC(C)CC2=O)cc1CC=O. The third-order valence-electron chi connectivity index (χ3n) is 6.42. The van der Waals surface area contributed by atoms with Crippen LogP contribution in [0.5, 0.6) is 11.5 Å². The smallest absolute Gasteiger partial charge is 0.338 e. The molecule has 3 aromatic rings. The first-order valence-corrected chi connectivity index (χ1v) is 12.4. The fourth-order valence-corrected chi connectivity index (χ4v) is 4.41. The molecule has 4 rings (SSSR count). The zero-order chi connectivity index (χ0) is 26.5. The molecule has 0 radical (unpaired) electrons. The lowest BCUT2D eigenvalue weighted by Crippen LogP contribution is -2.25. The second kappa shape index (κ2) is 11.3. The van der Waals surface area contributed by atoms with Gasteiger partial charge >= 0.3 is 5.97 Å². The number of methoxy groups -OCH3 is 1.